The average molecular weight is 476 g/mol. The molecule has 1 unspecified atom stereocenters. The van der Waals surface area contributed by atoms with Crippen LogP contribution in [0.4, 0.5) is 10.1 Å². The van der Waals surface area contributed by atoms with Gasteiger partial charge in [-0.25, -0.2) is 4.39 Å². The van der Waals surface area contributed by atoms with Crippen LogP contribution in [0.3, 0.4) is 0 Å². The zero-order valence-corrected chi connectivity index (χ0v) is 19.9. The summed E-state index contributed by atoms with van der Waals surface area (Å²) in [5, 5.41) is 21.6. The van der Waals surface area contributed by atoms with Crippen molar-refractivity contribution in [3.63, 3.8) is 0 Å². The zero-order chi connectivity index (χ0) is 25.4. The second-order valence-electron chi connectivity index (χ2n) is 8.80. The predicted molar refractivity (Wildman–Crippen MR) is 131 cm³/mol. The van der Waals surface area contributed by atoms with Gasteiger partial charge in [0.1, 0.15) is 23.1 Å². The summed E-state index contributed by atoms with van der Waals surface area (Å²) in [4.78, 5) is 27.8. The number of rotatable bonds is 5. The number of carbonyl (C=O) groups excluding carboxylic acids is 2. The Balaban J connectivity index is 1.99. The first kappa shape index (κ1) is 24.0. The van der Waals surface area contributed by atoms with Crippen LogP contribution in [0.25, 0.3) is 5.76 Å². The van der Waals surface area contributed by atoms with Crippen LogP contribution in [-0.2, 0) is 9.59 Å². The molecule has 1 aliphatic rings. The minimum absolute atomic E-state index is 0.0603. The van der Waals surface area contributed by atoms with E-state index in [2.05, 4.69) is 0 Å². The molecule has 1 aliphatic heterocycles. The van der Waals surface area contributed by atoms with Gasteiger partial charge >= 0.3 is 0 Å². The molecule has 3 aromatic rings. The van der Waals surface area contributed by atoms with Gasteiger partial charge in [0.2, 0.25) is 0 Å². The highest BCUT2D eigenvalue weighted by molar-refractivity contribution is 6.51. The number of halogens is 1. The number of Topliss-reactive ketones (excluding diaryl/α,β-unsaturated/α-hetero) is 1. The standard InChI is InChI=1S/C28H26FNO5/c1-15(2)21-14-22(16(3)12-23(21)35-4)26(32)24-25(17-6-5-7-20(31)13-17)30(28(34)27(24)33)19-10-8-18(29)9-11-19/h5-15,25,31-32H,1-4H3/b26-24+. The quantitative estimate of drug-likeness (QED) is 0.285. The molecule has 0 spiro atoms. The van der Waals surface area contributed by atoms with Gasteiger partial charge in [0.05, 0.1) is 18.7 Å². The van der Waals surface area contributed by atoms with E-state index in [4.69, 9.17) is 4.74 Å². The maximum Gasteiger partial charge on any atom is 0.300 e. The van der Waals surface area contributed by atoms with Crippen molar-refractivity contribution in [1.82, 2.24) is 0 Å². The molecular weight excluding hydrogens is 449 g/mol. The number of benzene rings is 3. The van der Waals surface area contributed by atoms with Gasteiger partial charge in [0, 0.05) is 11.3 Å². The monoisotopic (exact) mass is 475 g/mol. The van der Waals surface area contributed by atoms with Gasteiger partial charge in [0.15, 0.2) is 0 Å². The smallest absolute Gasteiger partial charge is 0.300 e. The Morgan fingerprint density at radius 2 is 1.74 bits per heavy atom. The molecule has 1 heterocycles. The van der Waals surface area contributed by atoms with Crippen LogP contribution in [0.1, 0.15) is 48.1 Å². The van der Waals surface area contributed by atoms with Gasteiger partial charge in [-0.2, -0.15) is 0 Å². The van der Waals surface area contributed by atoms with Gasteiger partial charge in [-0.3, -0.25) is 14.5 Å². The summed E-state index contributed by atoms with van der Waals surface area (Å²) in [5.41, 5.74) is 2.48. The summed E-state index contributed by atoms with van der Waals surface area (Å²) in [6.45, 7) is 5.75. The number of methoxy groups -OCH3 is 1. The maximum atomic E-state index is 13.6. The Bertz CT molecular complexity index is 1340. The van der Waals surface area contributed by atoms with Crippen LogP contribution >= 0.6 is 0 Å². The van der Waals surface area contributed by atoms with Crippen molar-refractivity contribution in [2.45, 2.75) is 32.7 Å². The van der Waals surface area contributed by atoms with Crippen molar-refractivity contribution in [1.29, 1.82) is 0 Å². The molecule has 1 fully saturated rings. The van der Waals surface area contributed by atoms with Crippen molar-refractivity contribution in [2.75, 3.05) is 12.0 Å². The number of phenols is 1. The normalized spacial score (nSPS) is 17.3. The largest absolute Gasteiger partial charge is 0.508 e. The van der Waals surface area contributed by atoms with Crippen LogP contribution in [0.15, 0.2) is 66.2 Å². The van der Waals surface area contributed by atoms with E-state index < -0.39 is 23.5 Å². The molecule has 0 aliphatic carbocycles. The van der Waals surface area contributed by atoms with Crippen molar-refractivity contribution in [3.8, 4) is 11.5 Å². The highest BCUT2D eigenvalue weighted by atomic mass is 19.1. The molecule has 1 saturated heterocycles. The highest BCUT2D eigenvalue weighted by Crippen LogP contribution is 2.44. The molecule has 0 radical (unpaired) electrons. The summed E-state index contributed by atoms with van der Waals surface area (Å²) in [6, 6.07) is 13.8. The Hall–Kier alpha value is -4.13. The van der Waals surface area contributed by atoms with Gasteiger partial charge < -0.3 is 14.9 Å². The van der Waals surface area contributed by atoms with Crippen LogP contribution < -0.4 is 9.64 Å². The Kier molecular flexibility index (Phi) is 6.35. The number of hydrogen-bond donors (Lipinski definition) is 2. The van der Waals surface area contributed by atoms with Gasteiger partial charge in [-0.05, 0) is 78.1 Å². The van der Waals surface area contributed by atoms with Crippen molar-refractivity contribution < 1.29 is 28.9 Å². The van der Waals surface area contributed by atoms with Crippen LogP contribution in [0.5, 0.6) is 11.5 Å². The summed E-state index contributed by atoms with van der Waals surface area (Å²) in [6.07, 6.45) is 0. The van der Waals surface area contributed by atoms with E-state index in [9.17, 15) is 24.2 Å². The highest BCUT2D eigenvalue weighted by Gasteiger charge is 2.47. The number of anilines is 1. The number of aryl methyl sites for hydroxylation is 1. The first-order chi connectivity index (χ1) is 16.6. The second-order valence-corrected chi connectivity index (χ2v) is 8.80. The lowest BCUT2D eigenvalue weighted by Gasteiger charge is -2.26. The fraction of sp³-hybridized carbons (Fsp3) is 0.214. The summed E-state index contributed by atoms with van der Waals surface area (Å²) >= 11 is 0. The third kappa shape index (κ3) is 4.25. The number of carbonyl (C=O) groups is 2. The minimum Gasteiger partial charge on any atom is -0.508 e. The molecule has 180 valence electrons. The first-order valence-electron chi connectivity index (χ1n) is 11.2. The van der Waals surface area contributed by atoms with Gasteiger partial charge in [0.25, 0.3) is 11.7 Å². The van der Waals surface area contributed by atoms with E-state index in [1.165, 1.54) is 41.3 Å². The molecular formula is C28H26FNO5. The van der Waals surface area contributed by atoms with E-state index in [1.807, 2.05) is 13.8 Å². The van der Waals surface area contributed by atoms with Crippen molar-refractivity contribution in [3.05, 3.63) is 94.3 Å². The molecule has 3 aromatic carbocycles. The van der Waals surface area contributed by atoms with E-state index in [1.54, 1.807) is 38.3 Å². The molecule has 1 amide bonds. The average Bonchev–Trinajstić information content (AvgIpc) is 3.09. The minimum atomic E-state index is -1.03. The number of aliphatic hydroxyl groups is 1. The first-order valence-corrected chi connectivity index (χ1v) is 11.2. The second kappa shape index (κ2) is 9.25. The van der Waals surface area contributed by atoms with Crippen molar-refractivity contribution in [2.24, 2.45) is 0 Å². The molecule has 2 N–H and O–H groups in total. The predicted octanol–water partition coefficient (Wildman–Crippen LogP) is 5.60. The summed E-state index contributed by atoms with van der Waals surface area (Å²) in [5.74, 6) is -1.89. The molecule has 35 heavy (non-hydrogen) atoms. The summed E-state index contributed by atoms with van der Waals surface area (Å²) < 4.78 is 19.1. The number of aromatic hydroxyl groups is 1. The lowest BCUT2D eigenvalue weighted by Crippen LogP contribution is -2.29. The molecule has 0 saturated carbocycles. The van der Waals surface area contributed by atoms with E-state index in [0.717, 1.165) is 5.56 Å². The number of ether oxygens (including phenoxy) is 1. The van der Waals surface area contributed by atoms with Crippen LogP contribution in [0, 0.1) is 12.7 Å². The molecule has 0 aromatic heterocycles. The Labute approximate surface area is 202 Å². The van der Waals surface area contributed by atoms with Gasteiger partial charge in [-0.1, -0.05) is 26.0 Å². The SMILES string of the molecule is COc1cc(C)c(/C(O)=C2\C(=O)C(=O)N(c3ccc(F)cc3)C2c2cccc(O)c2)cc1C(C)C. The number of aliphatic hydroxyl groups excluding tert-OH is 1. The number of ketones is 1. The fourth-order valence-electron chi connectivity index (χ4n) is 4.44. The Morgan fingerprint density at radius 3 is 2.34 bits per heavy atom. The van der Waals surface area contributed by atoms with Crippen molar-refractivity contribution >= 4 is 23.1 Å². The van der Waals surface area contributed by atoms with Crippen LogP contribution in [-0.4, -0.2) is 29.0 Å². The zero-order valence-electron chi connectivity index (χ0n) is 19.9. The third-order valence-corrected chi connectivity index (χ3v) is 6.19. The number of phenolic OH excluding ortho intramolecular Hbond substituents is 1. The topological polar surface area (TPSA) is 87.1 Å². The Morgan fingerprint density at radius 1 is 1.06 bits per heavy atom. The van der Waals surface area contributed by atoms with E-state index in [-0.39, 0.29) is 28.7 Å². The lowest BCUT2D eigenvalue weighted by atomic mass is 9.91. The van der Waals surface area contributed by atoms with E-state index >= 15 is 0 Å². The van der Waals surface area contributed by atoms with Crippen LogP contribution in [0.2, 0.25) is 0 Å². The maximum absolute atomic E-state index is 13.6. The fourth-order valence-corrected chi connectivity index (χ4v) is 4.44. The molecule has 0 bridgehead atoms. The molecule has 7 heteroatoms. The number of hydrogen-bond acceptors (Lipinski definition) is 5. The molecule has 6 nitrogen and oxygen atoms in total. The summed E-state index contributed by atoms with van der Waals surface area (Å²) in [7, 11) is 1.57. The lowest BCUT2D eigenvalue weighted by molar-refractivity contribution is -0.132. The van der Waals surface area contributed by atoms with Gasteiger partial charge in [-0.15, -0.1) is 0 Å². The molecule has 4 rings (SSSR count). The van der Waals surface area contributed by atoms with E-state index in [0.29, 0.717) is 22.4 Å². The third-order valence-electron chi connectivity index (χ3n) is 6.19. The number of nitrogens with zero attached hydrogens (tertiary/aromatic N) is 1. The molecule has 1 atom stereocenters. The number of amides is 1.